The van der Waals surface area contributed by atoms with E-state index in [0.29, 0.717) is 11.8 Å². The van der Waals surface area contributed by atoms with Gasteiger partial charge in [0.05, 0.1) is 7.11 Å². The minimum atomic E-state index is 0.124. The molecule has 2 heteroatoms. The lowest BCUT2D eigenvalue weighted by Gasteiger charge is -2.04. The summed E-state index contributed by atoms with van der Waals surface area (Å²) in [5.41, 5.74) is 3.48. The Kier molecular flexibility index (Phi) is 3.31. The molecule has 0 bridgehead atoms. The van der Waals surface area contributed by atoms with Gasteiger partial charge in [-0.25, -0.2) is 0 Å². The Labute approximate surface area is 119 Å². The van der Waals surface area contributed by atoms with Gasteiger partial charge in [-0.05, 0) is 48.4 Å². The molecule has 0 heterocycles. The van der Waals surface area contributed by atoms with Gasteiger partial charge in [-0.2, -0.15) is 0 Å². The lowest BCUT2D eigenvalue weighted by atomic mass is 10.0. The molecule has 0 unspecified atom stereocenters. The first-order valence-electron chi connectivity index (χ1n) is 6.94. The van der Waals surface area contributed by atoms with Gasteiger partial charge < -0.3 is 4.74 Å². The molecule has 0 aliphatic heterocycles. The van der Waals surface area contributed by atoms with Crippen LogP contribution in [0.15, 0.2) is 48.5 Å². The summed E-state index contributed by atoms with van der Waals surface area (Å²) in [6.45, 7) is 1.60. The molecule has 2 atom stereocenters. The molecule has 102 valence electrons. The normalized spacial score (nSPS) is 20.5. The van der Waals surface area contributed by atoms with Crippen LogP contribution in [0.5, 0.6) is 5.75 Å². The second kappa shape index (κ2) is 5.12. The van der Waals surface area contributed by atoms with E-state index in [1.165, 1.54) is 17.5 Å². The summed E-state index contributed by atoms with van der Waals surface area (Å²) in [5, 5.41) is 0. The van der Waals surface area contributed by atoms with Gasteiger partial charge in [-0.1, -0.05) is 36.4 Å². The fourth-order valence-corrected chi connectivity index (χ4v) is 2.75. The van der Waals surface area contributed by atoms with Gasteiger partial charge in [-0.3, -0.25) is 4.79 Å². The average Bonchev–Trinajstić information content (AvgIpc) is 3.28. The molecule has 0 radical (unpaired) electrons. The van der Waals surface area contributed by atoms with Crippen LogP contribution in [0, 0.1) is 0 Å². The van der Waals surface area contributed by atoms with Crippen molar-refractivity contribution in [1.82, 2.24) is 0 Å². The fourth-order valence-electron chi connectivity index (χ4n) is 2.75. The van der Waals surface area contributed by atoms with E-state index in [1.54, 1.807) is 14.0 Å². The molecule has 0 saturated heterocycles. The van der Waals surface area contributed by atoms with Crippen LogP contribution < -0.4 is 4.74 Å². The van der Waals surface area contributed by atoms with Crippen LogP contribution in [0.4, 0.5) is 0 Å². The summed E-state index contributed by atoms with van der Waals surface area (Å²) in [5.74, 6) is 2.21. The smallest absolute Gasteiger partial charge is 0.159 e. The van der Waals surface area contributed by atoms with Crippen LogP contribution in [0.1, 0.15) is 46.7 Å². The van der Waals surface area contributed by atoms with Crippen LogP contribution >= 0.6 is 0 Å². The highest BCUT2D eigenvalue weighted by Gasteiger charge is 2.39. The van der Waals surface area contributed by atoms with E-state index in [0.717, 1.165) is 11.3 Å². The number of carbonyl (C=O) groups is 1. The molecule has 0 amide bonds. The number of rotatable bonds is 4. The first-order chi connectivity index (χ1) is 9.69. The number of Topliss-reactive ketones (excluding diaryl/α,β-unsaturated/α-hetero) is 1. The van der Waals surface area contributed by atoms with E-state index in [1.807, 2.05) is 24.3 Å². The van der Waals surface area contributed by atoms with Gasteiger partial charge in [0.2, 0.25) is 0 Å². The Bertz CT molecular complexity index is 611. The van der Waals surface area contributed by atoms with Crippen molar-refractivity contribution in [1.29, 1.82) is 0 Å². The van der Waals surface area contributed by atoms with Crippen molar-refractivity contribution in [3.05, 3.63) is 65.2 Å². The van der Waals surface area contributed by atoms with E-state index in [2.05, 4.69) is 24.3 Å². The topological polar surface area (TPSA) is 26.3 Å². The summed E-state index contributed by atoms with van der Waals surface area (Å²) >= 11 is 0. The molecule has 0 spiro atoms. The van der Waals surface area contributed by atoms with Crippen molar-refractivity contribution in [2.75, 3.05) is 7.11 Å². The standard InChI is InChI=1S/C18H18O2/c1-12(19)13-3-5-14(6-4-13)17-11-18(17)15-7-9-16(20-2)10-8-15/h3-10,17-18H,11H2,1-2H3/t17-,18+/m0/s1. The molecule has 2 aromatic carbocycles. The van der Waals surface area contributed by atoms with Crippen LogP contribution in [-0.2, 0) is 0 Å². The summed E-state index contributed by atoms with van der Waals surface area (Å²) in [4.78, 5) is 11.3. The van der Waals surface area contributed by atoms with E-state index >= 15 is 0 Å². The number of ketones is 1. The van der Waals surface area contributed by atoms with Crippen molar-refractivity contribution >= 4 is 5.78 Å². The largest absolute Gasteiger partial charge is 0.497 e. The summed E-state index contributed by atoms with van der Waals surface area (Å²) in [6, 6.07) is 16.4. The SMILES string of the molecule is COc1ccc([C@H]2C[C@H]2c2ccc(C(C)=O)cc2)cc1. The highest BCUT2D eigenvalue weighted by molar-refractivity contribution is 5.94. The van der Waals surface area contributed by atoms with Crippen LogP contribution in [0.2, 0.25) is 0 Å². The van der Waals surface area contributed by atoms with Gasteiger partial charge in [0, 0.05) is 5.56 Å². The number of hydrogen-bond donors (Lipinski definition) is 0. The Balaban J connectivity index is 1.73. The lowest BCUT2D eigenvalue weighted by Crippen LogP contribution is -1.92. The zero-order chi connectivity index (χ0) is 14.1. The van der Waals surface area contributed by atoms with Crippen LogP contribution in [0.25, 0.3) is 0 Å². The summed E-state index contributed by atoms with van der Waals surface area (Å²) in [7, 11) is 1.69. The van der Waals surface area contributed by atoms with Crippen molar-refractivity contribution in [3.63, 3.8) is 0 Å². The highest BCUT2D eigenvalue weighted by atomic mass is 16.5. The third-order valence-electron chi connectivity index (χ3n) is 4.08. The molecule has 1 fully saturated rings. The van der Waals surface area contributed by atoms with Gasteiger partial charge in [0.1, 0.15) is 5.75 Å². The van der Waals surface area contributed by atoms with Crippen LogP contribution in [0.3, 0.4) is 0 Å². The van der Waals surface area contributed by atoms with Gasteiger partial charge >= 0.3 is 0 Å². The number of benzene rings is 2. The maximum absolute atomic E-state index is 11.3. The summed E-state index contributed by atoms with van der Waals surface area (Å²) < 4.78 is 5.18. The second-order valence-electron chi connectivity index (χ2n) is 5.40. The van der Waals surface area contributed by atoms with Crippen molar-refractivity contribution < 1.29 is 9.53 Å². The number of hydrogen-bond acceptors (Lipinski definition) is 2. The number of carbonyl (C=O) groups excluding carboxylic acids is 1. The first kappa shape index (κ1) is 12.9. The molecule has 3 rings (SSSR count). The van der Waals surface area contributed by atoms with Gasteiger partial charge in [0.15, 0.2) is 5.78 Å². The first-order valence-corrected chi connectivity index (χ1v) is 6.94. The van der Waals surface area contributed by atoms with Crippen molar-refractivity contribution in [2.24, 2.45) is 0 Å². The monoisotopic (exact) mass is 266 g/mol. The molecule has 1 aliphatic rings. The zero-order valence-electron chi connectivity index (χ0n) is 11.8. The minimum absolute atomic E-state index is 0.124. The van der Waals surface area contributed by atoms with E-state index in [9.17, 15) is 4.79 Å². The quantitative estimate of drug-likeness (QED) is 0.776. The predicted molar refractivity (Wildman–Crippen MR) is 79.5 cm³/mol. The molecule has 0 N–H and O–H groups in total. The molecule has 1 aliphatic carbocycles. The predicted octanol–water partition coefficient (Wildman–Crippen LogP) is 4.17. The maximum Gasteiger partial charge on any atom is 0.159 e. The highest BCUT2D eigenvalue weighted by Crippen LogP contribution is 2.54. The second-order valence-corrected chi connectivity index (χ2v) is 5.40. The fraction of sp³-hybridized carbons (Fsp3) is 0.278. The molecule has 2 nitrogen and oxygen atoms in total. The van der Waals surface area contributed by atoms with Crippen molar-refractivity contribution in [2.45, 2.75) is 25.2 Å². The average molecular weight is 266 g/mol. The molecule has 2 aromatic rings. The van der Waals surface area contributed by atoms with Gasteiger partial charge in [-0.15, -0.1) is 0 Å². The van der Waals surface area contributed by atoms with Crippen molar-refractivity contribution in [3.8, 4) is 5.75 Å². The third kappa shape index (κ3) is 2.46. The van der Waals surface area contributed by atoms with Crippen LogP contribution in [-0.4, -0.2) is 12.9 Å². The molecule has 0 aromatic heterocycles. The number of methoxy groups -OCH3 is 1. The molecule has 20 heavy (non-hydrogen) atoms. The van der Waals surface area contributed by atoms with E-state index in [4.69, 9.17) is 4.74 Å². The Morgan fingerprint density at radius 2 is 1.45 bits per heavy atom. The zero-order valence-corrected chi connectivity index (χ0v) is 11.8. The van der Waals surface area contributed by atoms with E-state index in [-0.39, 0.29) is 5.78 Å². The Morgan fingerprint density at radius 3 is 1.90 bits per heavy atom. The molecular weight excluding hydrogens is 248 g/mol. The lowest BCUT2D eigenvalue weighted by molar-refractivity contribution is 0.101. The number of ether oxygens (including phenoxy) is 1. The summed E-state index contributed by atoms with van der Waals surface area (Å²) in [6.07, 6.45) is 1.19. The Hall–Kier alpha value is -2.09. The Morgan fingerprint density at radius 1 is 0.950 bits per heavy atom. The maximum atomic E-state index is 11.3. The molecule has 1 saturated carbocycles. The minimum Gasteiger partial charge on any atom is -0.497 e. The van der Waals surface area contributed by atoms with E-state index < -0.39 is 0 Å². The molecular formula is C18H18O2. The third-order valence-corrected chi connectivity index (χ3v) is 4.08. The van der Waals surface area contributed by atoms with Gasteiger partial charge in [0.25, 0.3) is 0 Å².